The molecule has 1 aliphatic rings. The number of benzene rings is 4. The lowest BCUT2D eigenvalue weighted by Gasteiger charge is -2.36. The van der Waals surface area contributed by atoms with Crippen LogP contribution in [0.3, 0.4) is 0 Å². The topological polar surface area (TPSA) is 134 Å². The SMILES string of the molecule is Cc1ccccc1NC(=O)Nc1ccc(CC(=O)N(CCCN2CCN(c3ccccc3)CC2)CC(=O)Nc2ccc(C(=O)O)cc2)cc1. The summed E-state index contributed by atoms with van der Waals surface area (Å²) in [5.74, 6) is -1.61. The summed E-state index contributed by atoms with van der Waals surface area (Å²) in [7, 11) is 0. The van der Waals surface area contributed by atoms with Gasteiger partial charge in [0, 0.05) is 55.5 Å². The zero-order valence-electron chi connectivity index (χ0n) is 27.6. The Balaban J connectivity index is 1.16. The number of hydrogen-bond acceptors (Lipinski definition) is 6. The van der Waals surface area contributed by atoms with Gasteiger partial charge in [0.05, 0.1) is 18.5 Å². The lowest BCUT2D eigenvalue weighted by atomic mass is 10.1. The fraction of sp³-hybridized carbons (Fsp3) is 0.263. The Kier molecular flexibility index (Phi) is 12.0. The van der Waals surface area contributed by atoms with Crippen LogP contribution in [0.15, 0.2) is 103 Å². The van der Waals surface area contributed by atoms with Crippen molar-refractivity contribution in [2.45, 2.75) is 19.8 Å². The van der Waals surface area contributed by atoms with Gasteiger partial charge in [-0.15, -0.1) is 0 Å². The second-order valence-electron chi connectivity index (χ2n) is 12.0. The molecule has 0 aliphatic carbocycles. The van der Waals surface area contributed by atoms with Gasteiger partial charge in [-0.05, 0) is 85.6 Å². The molecule has 4 N–H and O–H groups in total. The molecule has 1 aliphatic heterocycles. The highest BCUT2D eigenvalue weighted by Gasteiger charge is 2.21. The van der Waals surface area contributed by atoms with Gasteiger partial charge in [0.15, 0.2) is 0 Å². The molecule has 0 unspecified atom stereocenters. The minimum absolute atomic E-state index is 0.0893. The van der Waals surface area contributed by atoms with Crippen LogP contribution in [0, 0.1) is 6.92 Å². The average Bonchev–Trinajstić information content (AvgIpc) is 3.10. The van der Waals surface area contributed by atoms with E-state index in [9.17, 15) is 19.2 Å². The Morgan fingerprint density at radius 2 is 1.37 bits per heavy atom. The number of carbonyl (C=O) groups is 4. The van der Waals surface area contributed by atoms with Crippen LogP contribution in [0.25, 0.3) is 0 Å². The number of nitrogens with one attached hydrogen (secondary N) is 3. The number of hydrogen-bond donors (Lipinski definition) is 4. The van der Waals surface area contributed by atoms with Crippen LogP contribution in [0.4, 0.5) is 27.5 Å². The van der Waals surface area contributed by atoms with Gasteiger partial charge >= 0.3 is 12.0 Å². The van der Waals surface area contributed by atoms with E-state index in [2.05, 4.69) is 37.9 Å². The molecule has 254 valence electrons. The number of aryl methyl sites for hydroxylation is 1. The minimum Gasteiger partial charge on any atom is -0.478 e. The summed E-state index contributed by atoms with van der Waals surface area (Å²) in [4.78, 5) is 56.7. The number of amides is 4. The van der Waals surface area contributed by atoms with E-state index in [0.29, 0.717) is 24.3 Å². The molecule has 0 saturated carbocycles. The number of anilines is 4. The standard InChI is InChI=1S/C38H42N6O5/c1-28-8-5-6-11-34(28)41-38(49)40-32-16-12-29(13-17-32)26-36(46)44(27-35(45)39-31-18-14-30(15-19-31)37(47)48)21-7-20-42-22-24-43(25-23-42)33-9-3-2-4-10-33/h2-6,8-19H,7,20-27H2,1H3,(H,39,45)(H,47,48)(H2,40,41,49). The molecule has 11 heteroatoms. The van der Waals surface area contributed by atoms with Crippen LogP contribution < -0.4 is 20.9 Å². The first-order valence-electron chi connectivity index (χ1n) is 16.4. The highest BCUT2D eigenvalue weighted by atomic mass is 16.4. The van der Waals surface area contributed by atoms with Crippen LogP contribution in [-0.2, 0) is 16.0 Å². The molecule has 0 spiro atoms. The van der Waals surface area contributed by atoms with Crippen LogP contribution in [0.1, 0.15) is 27.9 Å². The van der Waals surface area contributed by atoms with Crippen LogP contribution in [-0.4, -0.2) is 84.5 Å². The summed E-state index contributed by atoms with van der Waals surface area (Å²) in [5.41, 5.74) is 4.79. The van der Waals surface area contributed by atoms with Crippen molar-refractivity contribution >= 4 is 46.6 Å². The van der Waals surface area contributed by atoms with Crippen molar-refractivity contribution in [1.82, 2.24) is 9.80 Å². The third-order valence-corrected chi connectivity index (χ3v) is 8.46. The first-order valence-corrected chi connectivity index (χ1v) is 16.4. The molecule has 1 heterocycles. The van der Waals surface area contributed by atoms with E-state index < -0.39 is 5.97 Å². The van der Waals surface area contributed by atoms with Gasteiger partial charge in [-0.3, -0.25) is 14.5 Å². The predicted molar refractivity (Wildman–Crippen MR) is 192 cm³/mol. The molecule has 0 radical (unpaired) electrons. The van der Waals surface area contributed by atoms with Crippen LogP contribution >= 0.6 is 0 Å². The molecule has 1 saturated heterocycles. The fourth-order valence-electron chi connectivity index (χ4n) is 5.71. The Hall–Kier alpha value is -5.68. The lowest BCUT2D eigenvalue weighted by Crippen LogP contribution is -2.47. The van der Waals surface area contributed by atoms with E-state index in [1.165, 1.54) is 30.0 Å². The minimum atomic E-state index is -1.05. The molecule has 0 aromatic heterocycles. The van der Waals surface area contributed by atoms with E-state index in [-0.39, 0.29) is 36.4 Å². The zero-order chi connectivity index (χ0) is 34.6. The molecule has 11 nitrogen and oxygen atoms in total. The molecule has 5 rings (SSSR count). The summed E-state index contributed by atoms with van der Waals surface area (Å²) < 4.78 is 0. The highest BCUT2D eigenvalue weighted by molar-refractivity contribution is 6.00. The Morgan fingerprint density at radius 1 is 0.735 bits per heavy atom. The van der Waals surface area contributed by atoms with E-state index >= 15 is 0 Å². The van der Waals surface area contributed by atoms with Crippen molar-refractivity contribution in [3.63, 3.8) is 0 Å². The maximum absolute atomic E-state index is 13.6. The summed E-state index contributed by atoms with van der Waals surface area (Å²) in [6.45, 7) is 6.66. The van der Waals surface area contributed by atoms with Gasteiger partial charge in [-0.1, -0.05) is 48.5 Å². The number of para-hydroxylation sites is 2. The molecule has 4 aromatic rings. The summed E-state index contributed by atoms with van der Waals surface area (Å²) >= 11 is 0. The average molecular weight is 663 g/mol. The molecule has 4 amide bonds. The number of rotatable bonds is 13. The summed E-state index contributed by atoms with van der Waals surface area (Å²) in [6, 6.07) is 30.5. The Bertz CT molecular complexity index is 1720. The first-order chi connectivity index (χ1) is 23.7. The van der Waals surface area contributed by atoms with Crippen molar-refractivity contribution < 1.29 is 24.3 Å². The maximum atomic E-state index is 13.6. The maximum Gasteiger partial charge on any atom is 0.335 e. The van der Waals surface area contributed by atoms with E-state index in [1.54, 1.807) is 29.2 Å². The molecule has 0 bridgehead atoms. The third-order valence-electron chi connectivity index (χ3n) is 8.46. The van der Waals surface area contributed by atoms with Gasteiger partial charge in [0.25, 0.3) is 0 Å². The number of carbonyl (C=O) groups excluding carboxylic acids is 3. The van der Waals surface area contributed by atoms with E-state index in [4.69, 9.17) is 5.11 Å². The van der Waals surface area contributed by atoms with Crippen molar-refractivity contribution in [2.24, 2.45) is 0 Å². The number of urea groups is 1. The first kappa shape index (κ1) is 34.6. The lowest BCUT2D eigenvalue weighted by molar-refractivity contribution is -0.134. The monoisotopic (exact) mass is 662 g/mol. The number of aromatic carboxylic acids is 1. The third kappa shape index (κ3) is 10.4. The number of piperazine rings is 1. The van der Waals surface area contributed by atoms with E-state index in [0.717, 1.165) is 49.5 Å². The van der Waals surface area contributed by atoms with Gasteiger partial charge < -0.3 is 30.9 Å². The van der Waals surface area contributed by atoms with Gasteiger partial charge in [-0.25, -0.2) is 9.59 Å². The number of carboxylic acids is 1. The Morgan fingerprint density at radius 3 is 2.04 bits per heavy atom. The van der Waals surface area contributed by atoms with Gasteiger partial charge in [-0.2, -0.15) is 0 Å². The zero-order valence-corrected chi connectivity index (χ0v) is 27.6. The summed E-state index contributed by atoms with van der Waals surface area (Å²) in [6.07, 6.45) is 0.794. The van der Waals surface area contributed by atoms with Gasteiger partial charge in [0.1, 0.15) is 0 Å². The molecule has 1 fully saturated rings. The van der Waals surface area contributed by atoms with Gasteiger partial charge in [0.2, 0.25) is 11.8 Å². The molecular formula is C38H42N6O5. The molecule has 4 aromatic carbocycles. The van der Waals surface area contributed by atoms with E-state index in [1.807, 2.05) is 49.4 Å². The fourth-order valence-corrected chi connectivity index (χ4v) is 5.71. The smallest absolute Gasteiger partial charge is 0.335 e. The van der Waals surface area contributed by atoms with Crippen molar-refractivity contribution in [2.75, 3.05) is 66.7 Å². The molecular weight excluding hydrogens is 620 g/mol. The van der Waals surface area contributed by atoms with Crippen LogP contribution in [0.5, 0.6) is 0 Å². The predicted octanol–water partition coefficient (Wildman–Crippen LogP) is 5.56. The summed E-state index contributed by atoms with van der Waals surface area (Å²) in [5, 5.41) is 17.6. The highest BCUT2D eigenvalue weighted by Crippen LogP contribution is 2.18. The second kappa shape index (κ2) is 16.9. The van der Waals surface area contributed by atoms with Crippen molar-refractivity contribution in [1.29, 1.82) is 0 Å². The normalized spacial score (nSPS) is 13.0. The van der Waals surface area contributed by atoms with Crippen molar-refractivity contribution in [3.8, 4) is 0 Å². The number of nitrogens with zero attached hydrogens (tertiary/aromatic N) is 3. The quantitative estimate of drug-likeness (QED) is 0.147. The molecule has 49 heavy (non-hydrogen) atoms. The largest absolute Gasteiger partial charge is 0.478 e. The van der Waals surface area contributed by atoms with Crippen molar-refractivity contribution in [3.05, 3.63) is 120 Å². The second-order valence-corrected chi connectivity index (χ2v) is 12.0. The molecule has 0 atom stereocenters. The van der Waals surface area contributed by atoms with Crippen LogP contribution in [0.2, 0.25) is 0 Å². The Labute approximate surface area is 286 Å². The number of carboxylic acid groups (broad SMARTS) is 1.